The Hall–Kier alpha value is -4.72. The van der Waals surface area contributed by atoms with Gasteiger partial charge in [0.2, 0.25) is 0 Å². The van der Waals surface area contributed by atoms with Crippen molar-refractivity contribution in [2.24, 2.45) is 0 Å². The Bertz CT molecular complexity index is 1750. The van der Waals surface area contributed by atoms with Gasteiger partial charge in [-0.25, -0.2) is 4.79 Å². The van der Waals surface area contributed by atoms with E-state index >= 15 is 0 Å². The Morgan fingerprint density at radius 2 is 1.37 bits per heavy atom. The fourth-order valence-electron chi connectivity index (χ4n) is 7.70. The summed E-state index contributed by atoms with van der Waals surface area (Å²) in [5.41, 5.74) is 6.13. The predicted octanol–water partition coefficient (Wildman–Crippen LogP) is 6.09. The summed E-state index contributed by atoms with van der Waals surface area (Å²) < 4.78 is 34.2. The number of nitrogens with zero attached hydrogens (tertiary/aromatic N) is 3. The van der Waals surface area contributed by atoms with E-state index in [1.54, 1.807) is 41.6 Å². The maximum absolute atomic E-state index is 13.2. The van der Waals surface area contributed by atoms with E-state index in [4.69, 9.17) is 28.4 Å². The van der Waals surface area contributed by atoms with E-state index in [1.165, 1.54) is 6.08 Å². The second-order valence-corrected chi connectivity index (χ2v) is 12.2. The molecule has 10 nitrogen and oxygen atoms in total. The lowest BCUT2D eigenvalue weighted by Gasteiger charge is -2.59. The van der Waals surface area contributed by atoms with Crippen LogP contribution in [0.1, 0.15) is 59.3 Å². The van der Waals surface area contributed by atoms with Gasteiger partial charge in [-0.15, -0.1) is 0 Å². The standard InChI is InChI=1S/C37H41N3O7.C2H6/c1-21-8-10-31(42-3)22(12-21)9-11-36(41)47-20-30-25-17-34(45-6)32(43-4)15-23(25)14-28-37-26-18-35(46-7)33(44-5)16-24(26)13-27(39(37)2)29(19-38)40(28)30;1-2/h8-12,15-18,27-30,37H,13-14,20H2,1-7H3;1-2H3/b11-9+;/t27-,28?,29-,30?,37+;/m0./s1. The minimum absolute atomic E-state index is 0.0488. The molecule has 5 atom stereocenters. The topological polar surface area (TPSA) is 103 Å². The Morgan fingerprint density at radius 1 is 0.816 bits per heavy atom. The van der Waals surface area contributed by atoms with Gasteiger partial charge in [0.05, 0.1) is 53.7 Å². The number of carbonyl (C=O) groups is 1. The molecule has 2 bridgehead atoms. The number of fused-ring (bicyclic) bond motifs is 7. The first-order valence-electron chi connectivity index (χ1n) is 16.6. The zero-order valence-electron chi connectivity index (χ0n) is 29.9. The summed E-state index contributed by atoms with van der Waals surface area (Å²) in [6.45, 7) is 6.03. The second-order valence-electron chi connectivity index (χ2n) is 12.2. The van der Waals surface area contributed by atoms with Gasteiger partial charge in [-0.05, 0) is 91.5 Å². The van der Waals surface area contributed by atoms with Crippen molar-refractivity contribution in [3.63, 3.8) is 0 Å². The van der Waals surface area contributed by atoms with E-state index in [9.17, 15) is 10.1 Å². The summed E-state index contributed by atoms with van der Waals surface area (Å²) in [4.78, 5) is 17.8. The lowest BCUT2D eigenvalue weighted by molar-refractivity contribution is -0.143. The molecule has 1 saturated heterocycles. The van der Waals surface area contributed by atoms with Crippen LogP contribution in [0.5, 0.6) is 28.7 Å². The minimum Gasteiger partial charge on any atom is -0.496 e. The number of aryl methyl sites for hydroxylation is 1. The molecule has 0 radical (unpaired) electrons. The van der Waals surface area contributed by atoms with E-state index in [0.717, 1.165) is 33.4 Å². The number of rotatable bonds is 9. The summed E-state index contributed by atoms with van der Waals surface area (Å²) in [6.07, 6.45) is 4.44. The zero-order chi connectivity index (χ0) is 35.4. The lowest BCUT2D eigenvalue weighted by Crippen LogP contribution is -2.68. The molecule has 6 rings (SSSR count). The van der Waals surface area contributed by atoms with Gasteiger partial charge in [-0.1, -0.05) is 25.5 Å². The molecule has 2 unspecified atom stereocenters. The Kier molecular flexibility index (Phi) is 11.1. The van der Waals surface area contributed by atoms with Crippen LogP contribution < -0.4 is 23.7 Å². The number of hydrogen-bond acceptors (Lipinski definition) is 10. The Labute approximate surface area is 289 Å². The zero-order valence-corrected chi connectivity index (χ0v) is 29.9. The summed E-state index contributed by atoms with van der Waals surface area (Å²) in [5, 5.41) is 10.8. The fraction of sp³-hybridized carbons (Fsp3) is 0.436. The number of benzene rings is 3. The van der Waals surface area contributed by atoms with Crippen molar-refractivity contribution in [2.75, 3.05) is 49.2 Å². The average Bonchev–Trinajstić information content (AvgIpc) is 3.12. The van der Waals surface area contributed by atoms with Crippen LogP contribution in [0.3, 0.4) is 0 Å². The molecule has 0 spiro atoms. The molecule has 3 aromatic rings. The SMILES string of the molecule is CC.COc1ccc(C)cc1/C=C/C(=O)OCC1c2cc(OC)c(OC)cc2CC2[C@H]3c4cc(OC)c(OC)cc4C[C@@H]([C@H](C#N)N12)N3C. The van der Waals surface area contributed by atoms with Crippen LogP contribution in [0, 0.1) is 18.3 Å². The van der Waals surface area contributed by atoms with E-state index in [2.05, 4.69) is 29.0 Å². The number of methoxy groups -OCH3 is 5. The molecular weight excluding hydrogens is 622 g/mol. The molecule has 0 saturated carbocycles. The minimum atomic E-state index is -0.484. The van der Waals surface area contributed by atoms with Gasteiger partial charge in [0.1, 0.15) is 18.4 Å². The molecule has 3 aliphatic rings. The molecule has 49 heavy (non-hydrogen) atoms. The Balaban J connectivity index is 0.00000230. The normalized spacial score (nSPS) is 22.3. The molecule has 3 aliphatic heterocycles. The lowest BCUT2D eigenvalue weighted by atomic mass is 9.72. The highest BCUT2D eigenvalue weighted by Crippen LogP contribution is 2.52. The highest BCUT2D eigenvalue weighted by molar-refractivity contribution is 5.87. The van der Waals surface area contributed by atoms with Crippen molar-refractivity contribution in [3.8, 4) is 34.8 Å². The molecule has 260 valence electrons. The number of piperazine rings is 1. The van der Waals surface area contributed by atoms with Crippen LogP contribution in [0.25, 0.3) is 6.08 Å². The molecule has 0 aromatic heterocycles. The summed E-state index contributed by atoms with van der Waals surface area (Å²) in [7, 11) is 10.2. The van der Waals surface area contributed by atoms with Crippen LogP contribution in [0.15, 0.2) is 48.5 Å². The van der Waals surface area contributed by atoms with E-state index in [1.807, 2.05) is 57.2 Å². The van der Waals surface area contributed by atoms with E-state index in [0.29, 0.717) is 41.6 Å². The number of likely N-dealkylation sites (N-methyl/N-ethyl adjacent to an activating group) is 1. The monoisotopic (exact) mass is 669 g/mol. The van der Waals surface area contributed by atoms with Gasteiger partial charge >= 0.3 is 5.97 Å². The maximum atomic E-state index is 13.2. The number of hydrogen-bond donors (Lipinski definition) is 0. The van der Waals surface area contributed by atoms with E-state index < -0.39 is 18.1 Å². The van der Waals surface area contributed by atoms with Crippen molar-refractivity contribution in [1.82, 2.24) is 9.80 Å². The van der Waals surface area contributed by atoms with Crippen molar-refractivity contribution < 1.29 is 33.2 Å². The molecule has 3 aromatic carbocycles. The maximum Gasteiger partial charge on any atom is 0.330 e. The van der Waals surface area contributed by atoms with E-state index in [-0.39, 0.29) is 24.7 Å². The highest BCUT2D eigenvalue weighted by Gasteiger charge is 2.54. The van der Waals surface area contributed by atoms with Gasteiger partial charge < -0.3 is 28.4 Å². The quantitative estimate of drug-likeness (QED) is 0.196. The largest absolute Gasteiger partial charge is 0.496 e. The van der Waals surface area contributed by atoms with Gasteiger partial charge in [0.15, 0.2) is 23.0 Å². The first-order valence-corrected chi connectivity index (χ1v) is 16.6. The number of nitriles is 1. The molecule has 0 N–H and O–H groups in total. The fourth-order valence-corrected chi connectivity index (χ4v) is 7.70. The molecule has 1 fully saturated rings. The third kappa shape index (κ3) is 6.53. The van der Waals surface area contributed by atoms with Gasteiger partial charge in [-0.3, -0.25) is 9.80 Å². The van der Waals surface area contributed by atoms with Crippen molar-refractivity contribution in [1.29, 1.82) is 5.26 Å². The summed E-state index contributed by atoms with van der Waals surface area (Å²) >= 11 is 0. The summed E-state index contributed by atoms with van der Waals surface area (Å²) in [5.74, 6) is 2.73. The van der Waals surface area contributed by atoms with Gasteiger partial charge in [0.25, 0.3) is 0 Å². The third-order valence-electron chi connectivity index (χ3n) is 9.88. The molecule has 10 heteroatoms. The number of carbonyl (C=O) groups excluding carboxylic acids is 1. The molecule has 0 amide bonds. The molecule has 0 aliphatic carbocycles. The van der Waals surface area contributed by atoms with Crippen LogP contribution >= 0.6 is 0 Å². The van der Waals surface area contributed by atoms with Crippen molar-refractivity contribution in [2.45, 2.75) is 63.8 Å². The third-order valence-corrected chi connectivity index (χ3v) is 9.88. The second kappa shape index (κ2) is 15.2. The Morgan fingerprint density at radius 3 is 1.96 bits per heavy atom. The van der Waals surface area contributed by atoms with Crippen LogP contribution in [-0.2, 0) is 22.4 Å². The van der Waals surface area contributed by atoms with Gasteiger partial charge in [0, 0.05) is 23.7 Å². The van der Waals surface area contributed by atoms with Crippen molar-refractivity contribution >= 4 is 12.0 Å². The smallest absolute Gasteiger partial charge is 0.330 e. The number of ether oxygens (including phenoxy) is 6. The molecule has 3 heterocycles. The summed E-state index contributed by atoms with van der Waals surface area (Å²) in [6, 6.07) is 15.4. The first-order chi connectivity index (χ1) is 23.8. The van der Waals surface area contributed by atoms with Crippen LogP contribution in [0.4, 0.5) is 0 Å². The van der Waals surface area contributed by atoms with Crippen molar-refractivity contribution in [3.05, 3.63) is 81.9 Å². The van der Waals surface area contributed by atoms with Crippen LogP contribution in [0.2, 0.25) is 0 Å². The van der Waals surface area contributed by atoms with Gasteiger partial charge in [-0.2, -0.15) is 5.26 Å². The predicted molar refractivity (Wildman–Crippen MR) is 188 cm³/mol. The first kappa shape index (κ1) is 35.6. The highest BCUT2D eigenvalue weighted by atomic mass is 16.5. The number of esters is 1. The molecular formula is C39H47N3O7. The average molecular weight is 670 g/mol. The van der Waals surface area contributed by atoms with Crippen LogP contribution in [-0.4, -0.2) is 83.1 Å².